The van der Waals surface area contributed by atoms with Gasteiger partial charge < -0.3 is 41.0 Å². The Morgan fingerprint density at radius 2 is 1.29 bits per heavy atom. The third-order valence-corrected chi connectivity index (χ3v) is 12.7. The molecule has 7 rings (SSSR count). The van der Waals surface area contributed by atoms with Crippen LogP contribution < -0.4 is 41.0 Å². The number of amidine groups is 1. The molecule has 2 aliphatic heterocycles. The summed E-state index contributed by atoms with van der Waals surface area (Å²) in [4.78, 5) is 36.1. The number of ketones is 2. The van der Waals surface area contributed by atoms with E-state index in [2.05, 4.69) is 46.3 Å². The number of hydrogen-bond donors (Lipinski definition) is 4. The minimum Gasteiger partial charge on any atom is -0.494 e. The number of benzene rings is 4. The molecule has 5 aromatic rings. The highest BCUT2D eigenvalue weighted by molar-refractivity contribution is 9.09. The minimum atomic E-state index is -0.170. The molecule has 1 atom stereocenters. The van der Waals surface area contributed by atoms with Crippen molar-refractivity contribution in [3.8, 4) is 23.0 Å². The second-order valence-electron chi connectivity index (χ2n) is 15.3. The first-order chi connectivity index (χ1) is 33.1. The summed E-state index contributed by atoms with van der Waals surface area (Å²) in [6, 6.07) is 29.9. The number of thioether (sulfide) groups is 1. The molecule has 0 radical (unpaired) electrons. The fourth-order valence-corrected chi connectivity index (χ4v) is 8.92. The highest BCUT2D eigenvalue weighted by Gasteiger charge is 2.19. The Kier molecular flexibility index (Phi) is 28.0. The van der Waals surface area contributed by atoms with Gasteiger partial charge in [0.05, 0.1) is 18.8 Å². The predicted octanol–water partition coefficient (Wildman–Crippen LogP) is 10.6. The average molecular weight is 1100 g/mol. The molecule has 4 aromatic carbocycles. The summed E-state index contributed by atoms with van der Waals surface area (Å²) < 4.78 is 22.4. The van der Waals surface area contributed by atoms with Crippen molar-refractivity contribution in [2.45, 2.75) is 53.9 Å². The molecule has 3 heterocycles. The third-order valence-electron chi connectivity index (χ3n) is 10.3. The summed E-state index contributed by atoms with van der Waals surface area (Å²) in [5.74, 6) is 4.38. The zero-order chi connectivity index (χ0) is 48.5. The quantitative estimate of drug-likeness (QED) is 0.0110. The van der Waals surface area contributed by atoms with Gasteiger partial charge in [-0.25, -0.2) is 4.98 Å². The van der Waals surface area contributed by atoms with Crippen molar-refractivity contribution < 1.29 is 28.5 Å². The largest absolute Gasteiger partial charge is 0.494 e. The first-order valence-electron chi connectivity index (χ1n) is 22.9. The maximum atomic E-state index is 12.9. The van der Waals surface area contributed by atoms with E-state index in [1.54, 1.807) is 18.2 Å². The minimum absolute atomic E-state index is 0. The molecule has 1 unspecified atom stereocenters. The van der Waals surface area contributed by atoms with Crippen molar-refractivity contribution >= 4 is 105 Å². The van der Waals surface area contributed by atoms with E-state index in [9.17, 15) is 9.59 Å². The molecule has 2 saturated heterocycles. The van der Waals surface area contributed by atoms with Gasteiger partial charge in [0.1, 0.15) is 52.2 Å². The van der Waals surface area contributed by atoms with Gasteiger partial charge in [0, 0.05) is 30.0 Å². The van der Waals surface area contributed by atoms with Crippen LogP contribution in [0.1, 0.15) is 74.7 Å². The van der Waals surface area contributed by atoms with E-state index in [1.165, 1.54) is 75.0 Å². The van der Waals surface area contributed by atoms with Gasteiger partial charge in [0.2, 0.25) is 5.78 Å². The van der Waals surface area contributed by atoms with Gasteiger partial charge in [-0.15, -0.1) is 0 Å². The van der Waals surface area contributed by atoms with Gasteiger partial charge in [-0.1, -0.05) is 71.6 Å². The number of thiazole rings is 1. The number of carbonyl (C=O) groups excluding carboxylic acids is 2. The van der Waals surface area contributed by atoms with Gasteiger partial charge in [0.15, 0.2) is 15.4 Å². The highest BCUT2D eigenvalue weighted by Crippen LogP contribution is 2.31. The van der Waals surface area contributed by atoms with Gasteiger partial charge in [-0.05, 0) is 163 Å². The molecule has 380 valence electrons. The van der Waals surface area contributed by atoms with Crippen molar-refractivity contribution in [3.05, 3.63) is 113 Å². The number of aromatic nitrogens is 1. The zero-order valence-electron chi connectivity index (χ0n) is 39.8. The van der Waals surface area contributed by atoms with Crippen LogP contribution in [0.15, 0.2) is 102 Å². The summed E-state index contributed by atoms with van der Waals surface area (Å²) in [7, 11) is 0. The van der Waals surface area contributed by atoms with Crippen LogP contribution in [-0.2, 0) is 0 Å². The van der Waals surface area contributed by atoms with Crippen molar-refractivity contribution in [3.63, 3.8) is 0 Å². The first-order valence-corrected chi connectivity index (χ1v) is 26.2. The predicted molar refractivity (Wildman–Crippen MR) is 307 cm³/mol. The number of likely N-dealkylation sites (tertiary alicyclic amines) is 2. The lowest BCUT2D eigenvalue weighted by molar-refractivity contribution is 0.104. The Labute approximate surface area is 439 Å². The Hall–Kier alpha value is -4.81. The van der Waals surface area contributed by atoms with Crippen LogP contribution in [-0.4, -0.2) is 118 Å². The number of aliphatic imine (C=N–C) groups is 1. The number of hydrogen-bond acceptors (Lipinski definition) is 13. The Morgan fingerprint density at radius 3 is 1.79 bits per heavy atom. The molecule has 19 heteroatoms. The molecule has 1 aromatic heterocycles. The lowest BCUT2D eigenvalue weighted by Crippen LogP contribution is -2.25. The molecule has 14 nitrogen and oxygen atoms in total. The SMILES string of the molecule is C.CCOc1cccc(C(=O)c2sc(Nc3ccc(OCCN4CCCC4)cc3)nc2N)c1.CCOc1cccc(C(=[OH+])CBr)c1.CCSC(N)=NC(=S)Nc1ccc(OCCN2CCCC2)cc1.P. The standard InChI is InChI=1S/C24H28N4O3S.C16H24N4OS2.C10H11BrO2.CH4.H3P/c1-2-30-20-7-5-6-17(16-20)21(29)22-23(25)27-24(32-22)26-18-8-10-19(11-9-18)31-15-14-28-12-3-4-13-28;1-2-23-15(17)19-16(22)18-13-5-7-14(8-6-13)21-12-11-20-9-3-4-10-20;1-2-13-9-5-3-4-8(6-9)10(12)7-11;;/h5-11,16H,2-4,12-15,25H2,1H3,(H,26,27);5-8H,2-4,9-12H2,1H3,(H3,17,18,19,22);3-6H,2,7H2,1H3;1H4;1H3/p+1. The smallest absolute Gasteiger partial charge is 0.334 e. The number of nitrogens with two attached hydrogens (primary N) is 2. The number of nitrogens with one attached hydrogen (secondary N) is 2. The van der Waals surface area contributed by atoms with Crippen LogP contribution in [0.3, 0.4) is 0 Å². The number of alkyl halides is 1. The Bertz CT molecular complexity index is 2370. The molecule has 0 bridgehead atoms. The second-order valence-corrected chi connectivity index (χ2v) is 18.6. The lowest BCUT2D eigenvalue weighted by atomic mass is 10.1. The van der Waals surface area contributed by atoms with E-state index < -0.39 is 0 Å². The maximum absolute atomic E-state index is 12.9. The number of nitrogen functional groups attached to an aromatic ring is 1. The zero-order valence-corrected chi connectivity index (χ0v) is 45.2. The Balaban J connectivity index is 0.000000299. The first kappa shape index (κ1) is 59.5. The topological polar surface area (TPSA) is 183 Å². The number of halogens is 1. The van der Waals surface area contributed by atoms with E-state index >= 15 is 0 Å². The van der Waals surface area contributed by atoms with E-state index in [-0.39, 0.29) is 28.9 Å². The fraction of sp³-hybridized carbons (Fsp3) is 0.392. The molecule has 0 spiro atoms. The number of ether oxygens (including phenoxy) is 4. The molecule has 70 heavy (non-hydrogen) atoms. The van der Waals surface area contributed by atoms with Crippen molar-refractivity contribution in [2.24, 2.45) is 10.7 Å². The van der Waals surface area contributed by atoms with E-state index in [0.717, 1.165) is 59.6 Å². The third kappa shape index (κ3) is 20.9. The average Bonchev–Trinajstić information content (AvgIpc) is 4.14. The van der Waals surface area contributed by atoms with Crippen LogP contribution in [0.2, 0.25) is 0 Å². The molecular weight excluding hydrogens is 1030 g/mol. The van der Waals surface area contributed by atoms with Gasteiger partial charge >= 0.3 is 5.78 Å². The van der Waals surface area contributed by atoms with E-state index in [0.29, 0.717) is 62.5 Å². The summed E-state index contributed by atoms with van der Waals surface area (Å²) in [6.07, 6.45) is 5.19. The lowest BCUT2D eigenvalue weighted by Gasteiger charge is -2.15. The number of carbonyl (C=O) groups is 1. The molecular formula is C51H71BrN8O6PS3+. The normalized spacial score (nSPS) is 13.2. The molecule has 0 amide bonds. The van der Waals surface area contributed by atoms with Crippen LogP contribution >= 0.6 is 61.1 Å². The van der Waals surface area contributed by atoms with Gasteiger partial charge in [0.25, 0.3) is 0 Å². The van der Waals surface area contributed by atoms with Crippen LogP contribution in [0, 0.1) is 0 Å². The molecule has 2 fully saturated rings. The van der Waals surface area contributed by atoms with Gasteiger partial charge in [-0.3, -0.25) is 19.4 Å². The monoisotopic (exact) mass is 1100 g/mol. The number of nitrogens with zero attached hydrogens (tertiary/aromatic N) is 4. The van der Waals surface area contributed by atoms with Gasteiger partial charge in [-0.2, -0.15) is 14.9 Å². The number of rotatable bonds is 20. The second kappa shape index (κ2) is 33.0. The molecule has 2 aliphatic rings. The van der Waals surface area contributed by atoms with E-state index in [4.69, 9.17) is 42.6 Å². The summed E-state index contributed by atoms with van der Waals surface area (Å²) in [6.45, 7) is 15.1. The van der Waals surface area contributed by atoms with E-state index in [1.807, 2.05) is 99.6 Å². The Morgan fingerprint density at radius 1 is 0.786 bits per heavy atom. The van der Waals surface area contributed by atoms with Crippen LogP contribution in [0.5, 0.6) is 23.0 Å². The fourth-order valence-electron chi connectivity index (χ4n) is 7.00. The van der Waals surface area contributed by atoms with Crippen molar-refractivity contribution in [1.29, 1.82) is 0 Å². The summed E-state index contributed by atoms with van der Waals surface area (Å²) in [5, 5.41) is 8.13. The van der Waals surface area contributed by atoms with Crippen molar-refractivity contribution in [1.82, 2.24) is 14.8 Å². The van der Waals surface area contributed by atoms with Crippen LogP contribution in [0.4, 0.5) is 22.3 Å². The number of anilines is 4. The molecule has 0 aliphatic carbocycles. The molecule has 7 N–H and O–H groups in total. The number of thiocarbonyl (C=S) groups is 1. The summed E-state index contributed by atoms with van der Waals surface area (Å²) >= 11 is 11.1. The molecule has 0 saturated carbocycles. The van der Waals surface area contributed by atoms with Crippen molar-refractivity contribution in [2.75, 3.05) is 93.1 Å². The maximum Gasteiger partial charge on any atom is 0.334 e. The highest BCUT2D eigenvalue weighted by atomic mass is 79.9. The van der Waals surface area contributed by atoms with Crippen LogP contribution in [0.25, 0.3) is 0 Å². The summed E-state index contributed by atoms with van der Waals surface area (Å²) in [5.41, 5.74) is 14.8.